The van der Waals surface area contributed by atoms with Crippen LogP contribution in [0.3, 0.4) is 0 Å². The van der Waals surface area contributed by atoms with E-state index in [4.69, 9.17) is 4.98 Å². The predicted octanol–water partition coefficient (Wildman–Crippen LogP) is 3.18. The number of hydrogen-bond acceptors (Lipinski definition) is 5. The van der Waals surface area contributed by atoms with Crippen molar-refractivity contribution in [2.45, 2.75) is 31.8 Å². The van der Waals surface area contributed by atoms with Gasteiger partial charge >= 0.3 is 5.97 Å². The third kappa shape index (κ3) is 3.17. The maximum absolute atomic E-state index is 12.0. The van der Waals surface area contributed by atoms with E-state index in [1.165, 1.54) is 0 Å². The van der Waals surface area contributed by atoms with Gasteiger partial charge in [0, 0.05) is 23.5 Å². The Morgan fingerprint density at radius 3 is 2.88 bits per heavy atom. The van der Waals surface area contributed by atoms with Crippen molar-refractivity contribution in [3.63, 3.8) is 0 Å². The first-order valence-corrected chi connectivity index (χ1v) is 10.1. The summed E-state index contributed by atoms with van der Waals surface area (Å²) in [6.07, 6.45) is 2.51. The maximum atomic E-state index is 12.0. The molecule has 2 aliphatic heterocycles. The van der Waals surface area contributed by atoms with Crippen LogP contribution in [0, 0.1) is 5.41 Å². The van der Waals surface area contributed by atoms with Crippen LogP contribution in [0.5, 0.6) is 0 Å². The van der Waals surface area contributed by atoms with Crippen molar-refractivity contribution in [1.29, 1.82) is 0 Å². The number of hydrogen-bond donors (Lipinski definition) is 1. The highest BCUT2D eigenvalue weighted by atomic mass is 32.1. The number of carboxylic acid groups (broad SMARTS) is 1. The number of nitrogens with zero attached hydrogens (tertiary/aromatic N) is 3. The van der Waals surface area contributed by atoms with E-state index in [2.05, 4.69) is 34.4 Å². The molecule has 6 heteroatoms. The molecule has 2 saturated heterocycles. The number of fused-ring (bicyclic) bond motifs is 1. The summed E-state index contributed by atoms with van der Waals surface area (Å²) in [5.74, 6) is -0.616. The van der Waals surface area contributed by atoms with Gasteiger partial charge in [0.1, 0.15) is 5.01 Å². The molecule has 0 aliphatic carbocycles. The number of carbonyl (C=O) groups is 1. The van der Waals surface area contributed by atoms with Gasteiger partial charge in [0.15, 0.2) is 0 Å². The van der Waals surface area contributed by atoms with Crippen LogP contribution >= 0.6 is 11.3 Å². The smallest absolute Gasteiger partial charge is 0.311 e. The Kier molecular flexibility index (Phi) is 4.82. The van der Waals surface area contributed by atoms with Crippen molar-refractivity contribution in [2.75, 3.05) is 26.7 Å². The van der Waals surface area contributed by atoms with Crippen LogP contribution in [0.25, 0.3) is 11.3 Å². The molecule has 138 valence electrons. The average molecular weight is 372 g/mol. The Labute approximate surface area is 158 Å². The average Bonchev–Trinajstić information content (AvgIpc) is 3.11. The second kappa shape index (κ2) is 7.10. The van der Waals surface area contributed by atoms with Gasteiger partial charge in [-0.15, -0.1) is 11.3 Å². The molecule has 0 unspecified atom stereocenters. The first-order chi connectivity index (χ1) is 12.6. The van der Waals surface area contributed by atoms with E-state index in [0.717, 1.165) is 61.7 Å². The molecule has 2 atom stereocenters. The van der Waals surface area contributed by atoms with Crippen LogP contribution in [0.1, 0.15) is 24.3 Å². The fraction of sp³-hybridized carbons (Fsp3) is 0.500. The minimum atomic E-state index is -0.616. The standard InChI is InChI=1S/C20H25N3O2S/c1-22-10-5-8-20(19(24)25)9-11-23(12-17(20)22)13-18-21-16(14-26-18)15-6-3-2-4-7-15/h2-4,6-7,14,17H,5,8-13H2,1H3,(H,24,25)/t17-,20+/m1/s1. The van der Waals surface area contributed by atoms with Crippen molar-refractivity contribution in [2.24, 2.45) is 5.41 Å². The zero-order valence-electron chi connectivity index (χ0n) is 15.1. The number of carboxylic acids is 1. The third-order valence-electron chi connectivity index (χ3n) is 6.02. The predicted molar refractivity (Wildman–Crippen MR) is 103 cm³/mol. The molecule has 1 aromatic heterocycles. The van der Waals surface area contributed by atoms with Gasteiger partial charge in [0.05, 0.1) is 17.7 Å². The van der Waals surface area contributed by atoms with Gasteiger partial charge in [-0.2, -0.15) is 0 Å². The molecule has 2 fully saturated rings. The number of likely N-dealkylation sites (N-methyl/N-ethyl adjacent to an activating group) is 1. The van der Waals surface area contributed by atoms with Crippen molar-refractivity contribution in [1.82, 2.24) is 14.8 Å². The largest absolute Gasteiger partial charge is 0.481 e. The molecule has 3 heterocycles. The number of likely N-dealkylation sites (tertiary alicyclic amines) is 2. The van der Waals surface area contributed by atoms with Crippen molar-refractivity contribution in [3.05, 3.63) is 40.7 Å². The molecule has 1 aromatic carbocycles. The van der Waals surface area contributed by atoms with Gasteiger partial charge in [0.2, 0.25) is 0 Å². The summed E-state index contributed by atoms with van der Waals surface area (Å²) in [6.45, 7) is 3.43. The number of rotatable bonds is 4. The quantitative estimate of drug-likeness (QED) is 0.895. The van der Waals surface area contributed by atoms with E-state index >= 15 is 0 Å². The summed E-state index contributed by atoms with van der Waals surface area (Å²) in [5.41, 5.74) is 1.60. The number of aromatic nitrogens is 1. The Morgan fingerprint density at radius 1 is 1.31 bits per heavy atom. The summed E-state index contributed by atoms with van der Waals surface area (Å²) in [4.78, 5) is 21.5. The van der Waals surface area contributed by atoms with E-state index in [-0.39, 0.29) is 6.04 Å². The molecule has 0 spiro atoms. The normalized spacial score (nSPS) is 27.2. The van der Waals surface area contributed by atoms with E-state index in [1.807, 2.05) is 18.2 Å². The highest BCUT2D eigenvalue weighted by molar-refractivity contribution is 7.09. The molecule has 2 aromatic rings. The van der Waals surface area contributed by atoms with Crippen LogP contribution < -0.4 is 0 Å². The van der Waals surface area contributed by atoms with Crippen LogP contribution in [0.4, 0.5) is 0 Å². The Balaban J connectivity index is 1.47. The zero-order valence-corrected chi connectivity index (χ0v) is 15.9. The van der Waals surface area contributed by atoms with Gasteiger partial charge in [0.25, 0.3) is 0 Å². The minimum Gasteiger partial charge on any atom is -0.481 e. The molecule has 0 saturated carbocycles. The van der Waals surface area contributed by atoms with Crippen molar-refractivity contribution in [3.8, 4) is 11.3 Å². The summed E-state index contributed by atoms with van der Waals surface area (Å²) in [6, 6.07) is 10.3. The van der Waals surface area contributed by atoms with Gasteiger partial charge < -0.3 is 10.0 Å². The van der Waals surface area contributed by atoms with E-state index in [1.54, 1.807) is 11.3 Å². The number of piperidine rings is 2. The Bertz CT molecular complexity index is 778. The second-order valence-corrected chi connectivity index (χ2v) is 8.48. The van der Waals surface area contributed by atoms with Crippen LogP contribution in [-0.4, -0.2) is 58.6 Å². The van der Waals surface area contributed by atoms with E-state index in [9.17, 15) is 9.90 Å². The lowest BCUT2D eigenvalue weighted by atomic mass is 9.68. The maximum Gasteiger partial charge on any atom is 0.311 e. The molecule has 26 heavy (non-hydrogen) atoms. The highest BCUT2D eigenvalue weighted by Crippen LogP contribution is 2.42. The molecular weight excluding hydrogens is 346 g/mol. The SMILES string of the molecule is CN1CCC[C@]2(C(=O)O)CCN(Cc3nc(-c4ccccc4)cs3)C[C@@H]12. The molecule has 5 nitrogen and oxygen atoms in total. The zero-order chi connectivity index (χ0) is 18.1. The third-order valence-corrected chi connectivity index (χ3v) is 6.85. The molecule has 0 amide bonds. The fourth-order valence-corrected chi connectivity index (χ4v) is 5.35. The highest BCUT2D eigenvalue weighted by Gasteiger charge is 2.52. The van der Waals surface area contributed by atoms with Crippen molar-refractivity contribution >= 4 is 17.3 Å². The summed E-state index contributed by atoms with van der Waals surface area (Å²) >= 11 is 1.69. The molecular formula is C20H25N3O2S. The van der Waals surface area contributed by atoms with Crippen molar-refractivity contribution < 1.29 is 9.90 Å². The molecule has 1 N–H and O–H groups in total. The lowest BCUT2D eigenvalue weighted by molar-refractivity contribution is -0.162. The lowest BCUT2D eigenvalue weighted by Crippen LogP contribution is -2.62. The monoisotopic (exact) mass is 371 g/mol. The summed E-state index contributed by atoms with van der Waals surface area (Å²) in [7, 11) is 2.07. The van der Waals surface area contributed by atoms with Crippen LogP contribution in [-0.2, 0) is 11.3 Å². The van der Waals surface area contributed by atoms with Gasteiger partial charge in [-0.25, -0.2) is 4.98 Å². The number of benzene rings is 1. The van der Waals surface area contributed by atoms with Gasteiger partial charge in [-0.3, -0.25) is 9.69 Å². The number of thiazole rings is 1. The first kappa shape index (κ1) is 17.6. The van der Waals surface area contributed by atoms with Crippen LogP contribution in [0.15, 0.2) is 35.7 Å². The molecule has 2 aliphatic rings. The fourth-order valence-electron chi connectivity index (χ4n) is 4.50. The summed E-state index contributed by atoms with van der Waals surface area (Å²) in [5, 5.41) is 13.1. The van der Waals surface area contributed by atoms with E-state index in [0.29, 0.717) is 0 Å². The topological polar surface area (TPSA) is 56.7 Å². The molecule has 0 radical (unpaired) electrons. The summed E-state index contributed by atoms with van der Waals surface area (Å²) < 4.78 is 0. The molecule has 4 rings (SSSR count). The van der Waals surface area contributed by atoms with E-state index < -0.39 is 11.4 Å². The first-order valence-electron chi connectivity index (χ1n) is 9.24. The van der Waals surface area contributed by atoms with Crippen LogP contribution in [0.2, 0.25) is 0 Å². The Hall–Kier alpha value is -1.76. The Morgan fingerprint density at radius 2 is 2.12 bits per heavy atom. The minimum absolute atomic E-state index is 0.0936. The number of aliphatic carboxylic acids is 1. The lowest BCUT2D eigenvalue weighted by Gasteiger charge is -2.51. The molecule has 0 bridgehead atoms. The van der Waals surface area contributed by atoms with Gasteiger partial charge in [-0.1, -0.05) is 30.3 Å². The van der Waals surface area contributed by atoms with Gasteiger partial charge in [-0.05, 0) is 39.4 Å². The second-order valence-electron chi connectivity index (χ2n) is 7.54.